The zero-order valence-corrected chi connectivity index (χ0v) is 17.1. The second-order valence-electron chi connectivity index (χ2n) is 7.88. The minimum Gasteiger partial charge on any atom is -0.351 e. The Kier molecular flexibility index (Phi) is 6.74. The van der Waals surface area contributed by atoms with Gasteiger partial charge in [0.25, 0.3) is 0 Å². The van der Waals surface area contributed by atoms with E-state index in [0.717, 1.165) is 11.1 Å². The van der Waals surface area contributed by atoms with E-state index < -0.39 is 0 Å². The third kappa shape index (κ3) is 5.05. The summed E-state index contributed by atoms with van der Waals surface area (Å²) >= 11 is 0. The molecule has 2 saturated heterocycles. The second kappa shape index (κ2) is 9.84. The van der Waals surface area contributed by atoms with Crippen molar-refractivity contribution in [2.45, 2.75) is 12.6 Å². The van der Waals surface area contributed by atoms with E-state index in [9.17, 15) is 9.59 Å². The number of hydrazine groups is 1. The summed E-state index contributed by atoms with van der Waals surface area (Å²) in [5.74, 6) is 0.0783. The van der Waals surface area contributed by atoms with E-state index in [1.807, 2.05) is 53.4 Å². The standard InChI is InChI=1S/C23H29N5O2/c29-21(24-15-18-7-3-1-4-8-18)17-27-11-13-28(14-12-27)23(30)20-16-25-26-22(20)19-9-5-2-6-10-19/h1-10,20,22,25-26H,11-17H2,(H,24,29). The minimum absolute atomic E-state index is 0.0134. The van der Waals surface area contributed by atoms with Gasteiger partial charge in [-0.1, -0.05) is 60.7 Å². The average molecular weight is 408 g/mol. The molecule has 2 aliphatic heterocycles. The lowest BCUT2D eigenvalue weighted by Gasteiger charge is -2.36. The zero-order valence-electron chi connectivity index (χ0n) is 17.1. The van der Waals surface area contributed by atoms with Gasteiger partial charge in [0.1, 0.15) is 0 Å². The highest BCUT2D eigenvalue weighted by molar-refractivity contribution is 5.81. The molecule has 30 heavy (non-hydrogen) atoms. The van der Waals surface area contributed by atoms with E-state index in [0.29, 0.717) is 45.8 Å². The molecule has 2 aliphatic rings. The van der Waals surface area contributed by atoms with Crippen LogP contribution in [0.15, 0.2) is 60.7 Å². The maximum Gasteiger partial charge on any atom is 0.234 e. The molecular formula is C23H29N5O2. The van der Waals surface area contributed by atoms with Crippen molar-refractivity contribution in [1.82, 2.24) is 26.0 Å². The molecule has 2 aromatic carbocycles. The molecule has 2 unspecified atom stereocenters. The molecule has 7 nitrogen and oxygen atoms in total. The molecule has 2 fully saturated rings. The van der Waals surface area contributed by atoms with Gasteiger partial charge in [0, 0.05) is 39.3 Å². The molecule has 2 atom stereocenters. The third-order valence-corrected chi connectivity index (χ3v) is 5.84. The lowest BCUT2D eigenvalue weighted by Crippen LogP contribution is -2.53. The van der Waals surface area contributed by atoms with E-state index in [2.05, 4.69) is 33.2 Å². The van der Waals surface area contributed by atoms with Crippen molar-refractivity contribution >= 4 is 11.8 Å². The SMILES string of the molecule is O=C(CN1CCN(C(=O)C2CNNC2c2ccccc2)CC1)NCc1ccccc1. The van der Waals surface area contributed by atoms with Crippen LogP contribution in [0.2, 0.25) is 0 Å². The molecule has 2 amide bonds. The topological polar surface area (TPSA) is 76.7 Å². The number of nitrogens with one attached hydrogen (secondary N) is 3. The Balaban J connectivity index is 1.24. The minimum atomic E-state index is -0.117. The Hall–Kier alpha value is -2.74. The normalized spacial score (nSPS) is 22.1. The predicted octanol–water partition coefficient (Wildman–Crippen LogP) is 0.912. The van der Waals surface area contributed by atoms with Crippen LogP contribution >= 0.6 is 0 Å². The third-order valence-electron chi connectivity index (χ3n) is 5.84. The van der Waals surface area contributed by atoms with Crippen LogP contribution in [0.1, 0.15) is 17.2 Å². The van der Waals surface area contributed by atoms with E-state index in [1.54, 1.807) is 0 Å². The first-order chi connectivity index (χ1) is 14.7. The number of hydrogen-bond acceptors (Lipinski definition) is 5. The van der Waals surface area contributed by atoms with E-state index in [-0.39, 0.29) is 23.8 Å². The van der Waals surface area contributed by atoms with Crippen LogP contribution in [0.3, 0.4) is 0 Å². The molecule has 3 N–H and O–H groups in total. The summed E-state index contributed by atoms with van der Waals surface area (Å²) in [7, 11) is 0. The molecule has 2 aromatic rings. The van der Waals surface area contributed by atoms with Crippen LogP contribution in [-0.4, -0.2) is 60.9 Å². The first-order valence-electron chi connectivity index (χ1n) is 10.6. The highest BCUT2D eigenvalue weighted by atomic mass is 16.2. The smallest absolute Gasteiger partial charge is 0.234 e. The van der Waals surface area contributed by atoms with Crippen molar-refractivity contribution in [2.24, 2.45) is 5.92 Å². The van der Waals surface area contributed by atoms with Gasteiger partial charge in [-0.15, -0.1) is 0 Å². The zero-order chi connectivity index (χ0) is 20.8. The van der Waals surface area contributed by atoms with Gasteiger partial charge >= 0.3 is 0 Å². The number of hydrogen-bond donors (Lipinski definition) is 3. The molecule has 0 radical (unpaired) electrons. The molecule has 0 saturated carbocycles. The quantitative estimate of drug-likeness (QED) is 0.664. The first-order valence-corrected chi connectivity index (χ1v) is 10.6. The van der Waals surface area contributed by atoms with Crippen molar-refractivity contribution in [3.05, 3.63) is 71.8 Å². The van der Waals surface area contributed by atoms with Gasteiger partial charge in [-0.3, -0.25) is 19.9 Å². The van der Waals surface area contributed by atoms with Crippen molar-refractivity contribution in [3.8, 4) is 0 Å². The van der Waals surface area contributed by atoms with Gasteiger partial charge in [0.2, 0.25) is 11.8 Å². The fourth-order valence-electron chi connectivity index (χ4n) is 4.12. The van der Waals surface area contributed by atoms with Crippen LogP contribution in [0.4, 0.5) is 0 Å². The average Bonchev–Trinajstić information content (AvgIpc) is 3.29. The highest BCUT2D eigenvalue weighted by Crippen LogP contribution is 2.26. The monoisotopic (exact) mass is 407 g/mol. The van der Waals surface area contributed by atoms with E-state index >= 15 is 0 Å². The van der Waals surface area contributed by atoms with E-state index in [1.165, 1.54) is 0 Å². The molecule has 2 heterocycles. The van der Waals surface area contributed by atoms with Crippen molar-refractivity contribution in [2.75, 3.05) is 39.3 Å². The Morgan fingerprint density at radius 1 is 0.933 bits per heavy atom. The molecule has 0 bridgehead atoms. The summed E-state index contributed by atoms with van der Waals surface area (Å²) in [5, 5.41) is 2.97. The molecule has 7 heteroatoms. The number of carbonyl (C=O) groups is 2. The lowest BCUT2D eigenvalue weighted by molar-refractivity contribution is -0.137. The maximum absolute atomic E-state index is 13.1. The number of rotatable bonds is 6. The number of piperazine rings is 1. The fourth-order valence-corrected chi connectivity index (χ4v) is 4.12. The highest BCUT2D eigenvalue weighted by Gasteiger charge is 2.37. The van der Waals surface area contributed by atoms with Crippen LogP contribution in [0, 0.1) is 5.92 Å². The molecule has 0 aromatic heterocycles. The Morgan fingerprint density at radius 2 is 1.60 bits per heavy atom. The summed E-state index contributed by atoms with van der Waals surface area (Å²) in [6, 6.07) is 20.0. The Morgan fingerprint density at radius 3 is 2.30 bits per heavy atom. The van der Waals surface area contributed by atoms with Gasteiger partial charge in [-0.05, 0) is 11.1 Å². The molecule has 0 spiro atoms. The van der Waals surface area contributed by atoms with Crippen LogP contribution in [-0.2, 0) is 16.1 Å². The second-order valence-corrected chi connectivity index (χ2v) is 7.88. The largest absolute Gasteiger partial charge is 0.351 e. The number of amides is 2. The van der Waals surface area contributed by atoms with Gasteiger partial charge in [0.15, 0.2) is 0 Å². The molecule has 0 aliphatic carbocycles. The summed E-state index contributed by atoms with van der Waals surface area (Å²) < 4.78 is 0. The van der Waals surface area contributed by atoms with Crippen LogP contribution in [0.25, 0.3) is 0 Å². The number of benzene rings is 2. The van der Waals surface area contributed by atoms with Crippen LogP contribution in [0.5, 0.6) is 0 Å². The summed E-state index contributed by atoms with van der Waals surface area (Å²) in [6.07, 6.45) is 0. The Bertz CT molecular complexity index is 837. The Labute approximate surface area is 177 Å². The maximum atomic E-state index is 13.1. The van der Waals surface area contributed by atoms with E-state index in [4.69, 9.17) is 0 Å². The molecular weight excluding hydrogens is 378 g/mol. The van der Waals surface area contributed by atoms with Gasteiger partial charge in [-0.2, -0.15) is 0 Å². The molecule has 4 rings (SSSR count). The van der Waals surface area contributed by atoms with Crippen LogP contribution < -0.4 is 16.2 Å². The number of carbonyl (C=O) groups excluding carboxylic acids is 2. The van der Waals surface area contributed by atoms with Crippen molar-refractivity contribution in [1.29, 1.82) is 0 Å². The first kappa shape index (κ1) is 20.5. The number of nitrogens with zero attached hydrogens (tertiary/aromatic N) is 2. The summed E-state index contributed by atoms with van der Waals surface area (Å²) in [5.41, 5.74) is 8.60. The van der Waals surface area contributed by atoms with Gasteiger partial charge < -0.3 is 10.2 Å². The predicted molar refractivity (Wildman–Crippen MR) is 115 cm³/mol. The van der Waals surface area contributed by atoms with Crippen molar-refractivity contribution in [3.63, 3.8) is 0 Å². The summed E-state index contributed by atoms with van der Waals surface area (Å²) in [6.45, 7) is 4.28. The molecule has 158 valence electrons. The van der Waals surface area contributed by atoms with Gasteiger partial charge in [-0.25, -0.2) is 5.43 Å². The fraction of sp³-hybridized carbons (Fsp3) is 0.391. The summed E-state index contributed by atoms with van der Waals surface area (Å²) in [4.78, 5) is 29.4. The lowest BCUT2D eigenvalue weighted by atomic mass is 9.93. The van der Waals surface area contributed by atoms with Gasteiger partial charge in [0.05, 0.1) is 18.5 Å². The van der Waals surface area contributed by atoms with Crippen molar-refractivity contribution < 1.29 is 9.59 Å².